The van der Waals surface area contributed by atoms with Gasteiger partial charge in [-0.25, -0.2) is 13.1 Å². The molecule has 0 bridgehead atoms. The highest BCUT2D eigenvalue weighted by Crippen LogP contribution is 2.23. The molecular weight excluding hydrogens is 308 g/mol. The van der Waals surface area contributed by atoms with Crippen LogP contribution in [0.4, 0.5) is 0 Å². The zero-order valence-electron chi connectivity index (χ0n) is 9.57. The fraction of sp³-hybridized carbons (Fsp3) is 0.700. The lowest BCUT2D eigenvalue weighted by Gasteiger charge is -2.07. The van der Waals surface area contributed by atoms with Crippen LogP contribution >= 0.6 is 15.9 Å². The zero-order chi connectivity index (χ0) is 12.6. The number of aryl methyl sites for hydroxylation is 1. The number of aromatic amines is 1. The first-order valence-corrected chi connectivity index (χ1v) is 8.25. The number of H-pyrrole nitrogens is 1. The number of hydrogen-bond donors (Lipinski definition) is 1. The number of aromatic nitrogens is 2. The van der Waals surface area contributed by atoms with E-state index in [2.05, 4.69) is 21.0 Å². The molecule has 1 N–H and O–H groups in total. The summed E-state index contributed by atoms with van der Waals surface area (Å²) in [5.74, 6) is 0.231. The van der Waals surface area contributed by atoms with E-state index in [9.17, 15) is 13.2 Å². The average Bonchev–Trinajstić information content (AvgIpc) is 2.74. The summed E-state index contributed by atoms with van der Waals surface area (Å²) in [5.41, 5.74) is 0.692. The quantitative estimate of drug-likeness (QED) is 0.910. The van der Waals surface area contributed by atoms with E-state index in [-0.39, 0.29) is 23.1 Å². The van der Waals surface area contributed by atoms with Crippen LogP contribution in [0.1, 0.15) is 31.5 Å². The molecule has 1 saturated heterocycles. The van der Waals surface area contributed by atoms with Gasteiger partial charge in [0.25, 0.3) is 5.56 Å². The van der Waals surface area contributed by atoms with Crippen molar-refractivity contribution >= 4 is 25.8 Å². The molecule has 7 heteroatoms. The maximum Gasteiger partial charge on any atom is 0.281 e. The molecule has 1 unspecified atom stereocenters. The van der Waals surface area contributed by atoms with E-state index in [1.807, 2.05) is 6.92 Å². The Kier molecular flexibility index (Phi) is 3.49. The van der Waals surface area contributed by atoms with Gasteiger partial charge in [-0.2, -0.15) is 0 Å². The minimum atomic E-state index is -2.97. The van der Waals surface area contributed by atoms with Crippen LogP contribution in [0.5, 0.6) is 0 Å². The predicted molar refractivity (Wildman–Crippen MR) is 69.1 cm³/mol. The Balaban J connectivity index is 2.34. The molecular formula is C10H15BrN2O3S. The molecule has 0 aromatic carbocycles. The van der Waals surface area contributed by atoms with Gasteiger partial charge in [-0.15, -0.1) is 0 Å². The molecule has 1 fully saturated rings. The van der Waals surface area contributed by atoms with Gasteiger partial charge in [0.05, 0.1) is 23.2 Å². The SMILES string of the molecule is CCCc1[nH]n(C2CCS(=O)(=O)C2)c(=O)c1Br. The summed E-state index contributed by atoms with van der Waals surface area (Å²) in [5, 5.41) is 3.02. The van der Waals surface area contributed by atoms with Crippen molar-refractivity contribution in [3.05, 3.63) is 20.5 Å². The van der Waals surface area contributed by atoms with Crippen molar-refractivity contribution < 1.29 is 8.42 Å². The molecule has 1 aromatic rings. The lowest BCUT2D eigenvalue weighted by Crippen LogP contribution is -2.23. The summed E-state index contributed by atoms with van der Waals surface area (Å²) < 4.78 is 24.8. The Morgan fingerprint density at radius 3 is 2.76 bits per heavy atom. The lowest BCUT2D eigenvalue weighted by atomic mass is 10.2. The third kappa shape index (κ3) is 2.49. The van der Waals surface area contributed by atoms with Crippen molar-refractivity contribution in [1.82, 2.24) is 9.78 Å². The highest BCUT2D eigenvalue weighted by Gasteiger charge is 2.31. The van der Waals surface area contributed by atoms with Crippen molar-refractivity contribution in [2.75, 3.05) is 11.5 Å². The molecule has 0 aliphatic carbocycles. The number of nitrogens with one attached hydrogen (secondary N) is 1. The summed E-state index contributed by atoms with van der Waals surface area (Å²) in [6.07, 6.45) is 2.23. The van der Waals surface area contributed by atoms with Crippen LogP contribution in [0, 0.1) is 0 Å². The van der Waals surface area contributed by atoms with E-state index < -0.39 is 9.84 Å². The zero-order valence-corrected chi connectivity index (χ0v) is 12.0. The molecule has 0 spiro atoms. The maximum atomic E-state index is 12.0. The first-order chi connectivity index (χ1) is 7.94. The van der Waals surface area contributed by atoms with E-state index in [1.54, 1.807) is 0 Å². The van der Waals surface area contributed by atoms with Crippen molar-refractivity contribution in [2.24, 2.45) is 0 Å². The van der Waals surface area contributed by atoms with Gasteiger partial charge in [-0.05, 0) is 28.8 Å². The van der Waals surface area contributed by atoms with Gasteiger partial charge in [-0.3, -0.25) is 9.89 Å². The lowest BCUT2D eigenvalue weighted by molar-refractivity contribution is 0.481. The van der Waals surface area contributed by atoms with Gasteiger partial charge >= 0.3 is 0 Å². The minimum Gasteiger partial charge on any atom is -0.298 e. The van der Waals surface area contributed by atoms with Gasteiger partial charge in [0.2, 0.25) is 0 Å². The minimum absolute atomic E-state index is 0.0609. The smallest absolute Gasteiger partial charge is 0.281 e. The fourth-order valence-electron chi connectivity index (χ4n) is 2.13. The van der Waals surface area contributed by atoms with Crippen LogP contribution in [0.2, 0.25) is 0 Å². The van der Waals surface area contributed by atoms with Crippen LogP contribution < -0.4 is 5.56 Å². The molecule has 96 valence electrons. The average molecular weight is 323 g/mol. The summed E-state index contributed by atoms with van der Waals surface area (Å²) in [7, 11) is -2.97. The highest BCUT2D eigenvalue weighted by atomic mass is 79.9. The van der Waals surface area contributed by atoms with Crippen LogP contribution in [-0.2, 0) is 16.3 Å². The van der Waals surface area contributed by atoms with E-state index in [4.69, 9.17) is 0 Å². The van der Waals surface area contributed by atoms with Gasteiger partial charge < -0.3 is 0 Å². The second-order valence-electron chi connectivity index (χ2n) is 4.39. The third-order valence-corrected chi connectivity index (χ3v) is 5.57. The number of halogens is 1. The monoisotopic (exact) mass is 322 g/mol. The molecule has 0 radical (unpaired) electrons. The highest BCUT2D eigenvalue weighted by molar-refractivity contribution is 9.10. The Bertz CT molecular complexity index is 573. The number of hydrogen-bond acceptors (Lipinski definition) is 3. The summed E-state index contributed by atoms with van der Waals surface area (Å²) in [6.45, 7) is 2.03. The topological polar surface area (TPSA) is 71.9 Å². The summed E-state index contributed by atoms with van der Waals surface area (Å²) >= 11 is 3.26. The first-order valence-electron chi connectivity index (χ1n) is 5.64. The van der Waals surface area contributed by atoms with Crippen molar-refractivity contribution in [2.45, 2.75) is 32.2 Å². The van der Waals surface area contributed by atoms with Crippen LogP contribution in [0.15, 0.2) is 9.27 Å². The molecule has 1 aliphatic rings. The molecule has 1 aliphatic heterocycles. The van der Waals surface area contributed by atoms with Crippen molar-refractivity contribution in [3.63, 3.8) is 0 Å². The van der Waals surface area contributed by atoms with E-state index in [0.29, 0.717) is 10.9 Å². The molecule has 2 heterocycles. The Morgan fingerprint density at radius 2 is 2.24 bits per heavy atom. The second kappa shape index (κ2) is 4.61. The molecule has 17 heavy (non-hydrogen) atoms. The molecule has 1 aromatic heterocycles. The molecule has 0 saturated carbocycles. The summed E-state index contributed by atoms with van der Waals surface area (Å²) in [6, 6.07) is -0.241. The van der Waals surface area contributed by atoms with Gasteiger partial charge in [0.15, 0.2) is 9.84 Å². The van der Waals surface area contributed by atoms with E-state index in [1.165, 1.54) is 4.68 Å². The Hall–Kier alpha value is -0.560. The first kappa shape index (κ1) is 12.9. The largest absolute Gasteiger partial charge is 0.298 e. The molecule has 5 nitrogen and oxygen atoms in total. The van der Waals surface area contributed by atoms with E-state index >= 15 is 0 Å². The standard InChI is InChI=1S/C10H15BrN2O3S/c1-2-3-8-9(11)10(14)13(12-8)7-4-5-17(15,16)6-7/h7,12H,2-6H2,1H3. The number of sulfone groups is 1. The Morgan fingerprint density at radius 1 is 1.53 bits per heavy atom. The van der Waals surface area contributed by atoms with Gasteiger partial charge in [0, 0.05) is 0 Å². The summed E-state index contributed by atoms with van der Waals surface area (Å²) in [4.78, 5) is 12.0. The molecule has 1 atom stereocenters. The van der Waals surface area contributed by atoms with Crippen LogP contribution in [0.25, 0.3) is 0 Å². The molecule has 0 amide bonds. The third-order valence-electron chi connectivity index (χ3n) is 3.00. The number of nitrogens with zero attached hydrogens (tertiary/aromatic N) is 1. The van der Waals surface area contributed by atoms with Gasteiger partial charge in [0.1, 0.15) is 4.47 Å². The predicted octanol–water partition coefficient (Wildman–Crippen LogP) is 1.25. The van der Waals surface area contributed by atoms with Crippen LogP contribution in [0.3, 0.4) is 0 Å². The fourth-order valence-corrected chi connectivity index (χ4v) is 4.31. The maximum absolute atomic E-state index is 12.0. The normalized spacial score (nSPS) is 23.1. The van der Waals surface area contributed by atoms with Crippen molar-refractivity contribution in [3.8, 4) is 0 Å². The van der Waals surface area contributed by atoms with Crippen LogP contribution in [-0.4, -0.2) is 29.7 Å². The second-order valence-corrected chi connectivity index (χ2v) is 7.41. The van der Waals surface area contributed by atoms with Gasteiger partial charge in [-0.1, -0.05) is 13.3 Å². The molecule has 2 rings (SSSR count). The Labute approximate surface area is 108 Å². The van der Waals surface area contributed by atoms with E-state index in [0.717, 1.165) is 18.5 Å². The number of rotatable bonds is 3. The van der Waals surface area contributed by atoms with Crippen molar-refractivity contribution in [1.29, 1.82) is 0 Å².